The third-order valence-corrected chi connectivity index (χ3v) is 4.10. The van der Waals surface area contributed by atoms with Gasteiger partial charge in [-0.05, 0) is 49.0 Å². The van der Waals surface area contributed by atoms with Crippen molar-refractivity contribution in [2.24, 2.45) is 0 Å². The Morgan fingerprint density at radius 1 is 1.14 bits per heavy atom. The van der Waals surface area contributed by atoms with E-state index < -0.39 is 0 Å². The van der Waals surface area contributed by atoms with E-state index in [1.165, 1.54) is 0 Å². The third kappa shape index (κ3) is 3.51. The van der Waals surface area contributed by atoms with Crippen LogP contribution in [0, 0.1) is 0 Å². The molecule has 1 atom stereocenters. The molecule has 0 aromatic heterocycles. The second-order valence-electron chi connectivity index (χ2n) is 4.94. The van der Waals surface area contributed by atoms with E-state index in [0.717, 1.165) is 27.2 Å². The largest absolute Gasteiger partial charge is 0.454 e. The van der Waals surface area contributed by atoms with Crippen LogP contribution in [-0.4, -0.2) is 11.9 Å². The number of benzene rings is 2. The van der Waals surface area contributed by atoms with Crippen LogP contribution >= 0.6 is 28.1 Å². The molecule has 0 amide bonds. The van der Waals surface area contributed by atoms with Crippen molar-refractivity contribution in [3.8, 4) is 11.5 Å². The number of ether oxygens (including phenoxy) is 2. The van der Waals surface area contributed by atoms with Gasteiger partial charge in [-0.25, -0.2) is 0 Å². The predicted molar refractivity (Wildman–Crippen MR) is 94.5 cm³/mol. The number of hydrogen-bond acceptors (Lipinski definition) is 3. The maximum absolute atomic E-state index is 5.36. The van der Waals surface area contributed by atoms with Crippen LogP contribution in [0.3, 0.4) is 0 Å². The van der Waals surface area contributed by atoms with Crippen molar-refractivity contribution in [2.75, 3.05) is 12.1 Å². The fourth-order valence-corrected chi connectivity index (χ4v) is 2.73. The van der Waals surface area contributed by atoms with Gasteiger partial charge in [0.2, 0.25) is 6.79 Å². The standard InChI is InChI=1S/C16H15BrN2O2S/c1-10(11-2-4-12(17)5-3-11)18-16(22)19-13-6-7-14-15(8-13)21-9-20-14/h2-8,10H,9H2,1H3,(H2,18,19,22). The van der Waals surface area contributed by atoms with Crippen molar-refractivity contribution in [1.82, 2.24) is 5.32 Å². The Morgan fingerprint density at radius 3 is 2.64 bits per heavy atom. The lowest BCUT2D eigenvalue weighted by Gasteiger charge is -2.17. The summed E-state index contributed by atoms with van der Waals surface area (Å²) in [5.41, 5.74) is 2.03. The van der Waals surface area contributed by atoms with E-state index in [1.807, 2.05) is 30.3 Å². The molecule has 1 unspecified atom stereocenters. The van der Waals surface area contributed by atoms with Gasteiger partial charge in [0, 0.05) is 16.2 Å². The molecule has 2 N–H and O–H groups in total. The van der Waals surface area contributed by atoms with Crippen molar-refractivity contribution in [3.63, 3.8) is 0 Å². The minimum absolute atomic E-state index is 0.113. The number of rotatable bonds is 3. The zero-order valence-corrected chi connectivity index (χ0v) is 14.3. The molecule has 0 bridgehead atoms. The fraction of sp³-hybridized carbons (Fsp3) is 0.188. The van der Waals surface area contributed by atoms with Gasteiger partial charge < -0.3 is 20.1 Å². The van der Waals surface area contributed by atoms with Gasteiger partial charge in [0.1, 0.15) is 0 Å². The highest BCUT2D eigenvalue weighted by Gasteiger charge is 2.14. The maximum Gasteiger partial charge on any atom is 0.231 e. The Hall–Kier alpha value is -1.79. The zero-order chi connectivity index (χ0) is 15.5. The first-order valence-electron chi connectivity index (χ1n) is 6.84. The Kier molecular flexibility index (Phi) is 4.49. The Bertz CT molecular complexity index is 691. The summed E-state index contributed by atoms with van der Waals surface area (Å²) < 4.78 is 11.7. The average Bonchev–Trinajstić information content (AvgIpc) is 2.95. The van der Waals surface area contributed by atoms with Crippen LogP contribution in [0.1, 0.15) is 18.5 Å². The number of fused-ring (bicyclic) bond motifs is 1. The second-order valence-corrected chi connectivity index (χ2v) is 6.26. The van der Waals surface area contributed by atoms with Crippen molar-refractivity contribution < 1.29 is 9.47 Å². The fourth-order valence-electron chi connectivity index (χ4n) is 2.17. The molecule has 2 aromatic carbocycles. The van der Waals surface area contributed by atoms with Crippen molar-refractivity contribution in [2.45, 2.75) is 13.0 Å². The molecule has 1 aliphatic rings. The first-order valence-corrected chi connectivity index (χ1v) is 8.04. The van der Waals surface area contributed by atoms with Crippen molar-refractivity contribution in [3.05, 3.63) is 52.5 Å². The van der Waals surface area contributed by atoms with Crippen LogP contribution in [0.15, 0.2) is 46.9 Å². The summed E-state index contributed by atoms with van der Waals surface area (Å²) in [6, 6.07) is 13.9. The summed E-state index contributed by atoms with van der Waals surface area (Å²) in [4.78, 5) is 0. The van der Waals surface area contributed by atoms with Crippen LogP contribution < -0.4 is 20.1 Å². The van der Waals surface area contributed by atoms with Gasteiger partial charge in [0.15, 0.2) is 16.6 Å². The summed E-state index contributed by atoms with van der Waals surface area (Å²) >= 11 is 8.80. The Balaban J connectivity index is 1.61. The Labute approximate surface area is 142 Å². The molecule has 0 radical (unpaired) electrons. The monoisotopic (exact) mass is 378 g/mol. The van der Waals surface area contributed by atoms with E-state index in [-0.39, 0.29) is 12.8 Å². The Morgan fingerprint density at radius 2 is 1.86 bits per heavy atom. The average molecular weight is 379 g/mol. The number of halogens is 1. The quantitative estimate of drug-likeness (QED) is 0.782. The SMILES string of the molecule is CC(NC(=S)Nc1ccc2c(c1)OCO2)c1ccc(Br)cc1. The van der Waals surface area contributed by atoms with Gasteiger partial charge in [-0.1, -0.05) is 28.1 Å². The highest BCUT2D eigenvalue weighted by Crippen LogP contribution is 2.34. The summed E-state index contributed by atoms with van der Waals surface area (Å²) in [5, 5.41) is 6.99. The van der Waals surface area contributed by atoms with Gasteiger partial charge in [0.25, 0.3) is 0 Å². The molecule has 114 valence electrons. The smallest absolute Gasteiger partial charge is 0.231 e. The first kappa shape index (κ1) is 15.1. The molecule has 4 nitrogen and oxygen atoms in total. The number of anilines is 1. The first-order chi connectivity index (χ1) is 10.6. The topological polar surface area (TPSA) is 42.5 Å². The highest BCUT2D eigenvalue weighted by molar-refractivity contribution is 9.10. The number of thiocarbonyl (C=S) groups is 1. The summed E-state index contributed by atoms with van der Waals surface area (Å²) in [5.74, 6) is 1.49. The molecule has 22 heavy (non-hydrogen) atoms. The normalized spacial score (nSPS) is 13.5. The molecule has 3 rings (SSSR count). The highest BCUT2D eigenvalue weighted by atomic mass is 79.9. The van der Waals surface area contributed by atoms with Gasteiger partial charge in [0.05, 0.1) is 6.04 Å². The lowest BCUT2D eigenvalue weighted by atomic mass is 10.1. The zero-order valence-electron chi connectivity index (χ0n) is 11.9. The minimum Gasteiger partial charge on any atom is -0.454 e. The molecule has 1 heterocycles. The van der Waals surface area contributed by atoms with E-state index in [4.69, 9.17) is 21.7 Å². The number of hydrogen-bond donors (Lipinski definition) is 2. The minimum atomic E-state index is 0.113. The molecule has 0 fully saturated rings. The maximum atomic E-state index is 5.36. The lowest BCUT2D eigenvalue weighted by molar-refractivity contribution is 0.174. The van der Waals surface area contributed by atoms with Crippen LogP contribution in [-0.2, 0) is 0 Å². The third-order valence-electron chi connectivity index (χ3n) is 3.35. The van der Waals surface area contributed by atoms with Crippen LogP contribution in [0.2, 0.25) is 0 Å². The van der Waals surface area contributed by atoms with Crippen molar-refractivity contribution in [1.29, 1.82) is 0 Å². The second kappa shape index (κ2) is 6.54. The number of nitrogens with one attached hydrogen (secondary N) is 2. The van der Waals surface area contributed by atoms with Crippen molar-refractivity contribution >= 4 is 38.9 Å². The molecule has 6 heteroatoms. The predicted octanol–water partition coefficient (Wildman–Crippen LogP) is 4.23. The van der Waals surface area contributed by atoms with Gasteiger partial charge in [-0.2, -0.15) is 0 Å². The summed E-state index contributed by atoms with van der Waals surface area (Å²) in [6.45, 7) is 2.33. The summed E-state index contributed by atoms with van der Waals surface area (Å²) in [6.07, 6.45) is 0. The van der Waals surface area contributed by atoms with E-state index in [1.54, 1.807) is 0 Å². The molecule has 0 spiro atoms. The van der Waals surface area contributed by atoms with E-state index in [2.05, 4.69) is 45.6 Å². The molecule has 1 aliphatic heterocycles. The van der Waals surface area contributed by atoms with E-state index in [9.17, 15) is 0 Å². The molecule has 0 aliphatic carbocycles. The van der Waals surface area contributed by atoms with Crippen LogP contribution in [0.5, 0.6) is 11.5 Å². The molecule has 2 aromatic rings. The van der Waals surface area contributed by atoms with Crippen LogP contribution in [0.4, 0.5) is 5.69 Å². The lowest BCUT2D eigenvalue weighted by Crippen LogP contribution is -2.30. The molecule has 0 saturated carbocycles. The van der Waals surface area contributed by atoms with E-state index in [0.29, 0.717) is 5.11 Å². The van der Waals surface area contributed by atoms with Gasteiger partial charge in [-0.3, -0.25) is 0 Å². The van der Waals surface area contributed by atoms with Gasteiger partial charge >= 0.3 is 0 Å². The molecule has 0 saturated heterocycles. The summed E-state index contributed by atoms with van der Waals surface area (Å²) in [7, 11) is 0. The van der Waals surface area contributed by atoms with Gasteiger partial charge in [-0.15, -0.1) is 0 Å². The van der Waals surface area contributed by atoms with E-state index >= 15 is 0 Å². The van der Waals surface area contributed by atoms with Crippen LogP contribution in [0.25, 0.3) is 0 Å². The molecular weight excluding hydrogens is 364 g/mol. The molecular formula is C16H15BrN2O2S.